The van der Waals surface area contributed by atoms with Crippen LogP contribution in [-0.2, 0) is 9.53 Å². The number of ether oxygens (including phenoxy) is 1. The lowest BCUT2D eigenvalue weighted by Gasteiger charge is -1.95. The molecule has 0 N–H and O–H groups in total. The van der Waals surface area contributed by atoms with Crippen molar-refractivity contribution in [3.05, 3.63) is 0 Å². The van der Waals surface area contributed by atoms with Crippen LogP contribution in [0.3, 0.4) is 0 Å². The van der Waals surface area contributed by atoms with Gasteiger partial charge in [-0.05, 0) is 6.92 Å². The van der Waals surface area contributed by atoms with E-state index in [0.717, 1.165) is 0 Å². The third-order valence-corrected chi connectivity index (χ3v) is 15.8. The quantitative estimate of drug-likeness (QED) is 0.161. The molecule has 0 aliphatic rings. The smallest absolute Gasteiger partial charge is 0.302 e. The van der Waals surface area contributed by atoms with Gasteiger partial charge in [-0.25, -0.2) is 0 Å². The summed E-state index contributed by atoms with van der Waals surface area (Å²) in [4.78, 5) is -2.29. The van der Waals surface area contributed by atoms with Crippen LogP contribution in [-0.4, -0.2) is 99.6 Å². The zero-order valence-electron chi connectivity index (χ0n) is 28.0. The molecule has 2 nitrogen and oxygen atoms in total. The molecule has 0 fully saturated rings. The number of hydrogen-bond donors (Lipinski definition) is 0. The average molecular weight is 1600 g/mol. The second-order valence-electron chi connectivity index (χ2n) is 6.94. The minimum atomic E-state index is -0.673. The van der Waals surface area contributed by atoms with Gasteiger partial charge >= 0.3 is 5.97 Å². The lowest BCUT2D eigenvalue weighted by Crippen LogP contribution is -1.96. The van der Waals surface area contributed by atoms with Crippen molar-refractivity contribution in [3.8, 4) is 0 Å². The number of carbonyl (C=O) groups is 1. The molecule has 38 heteroatoms. The van der Waals surface area contributed by atoms with E-state index in [0.29, 0.717) is 6.61 Å². The number of alkyl halides is 36. The summed E-state index contributed by atoms with van der Waals surface area (Å²) in [5.74, 6) is -0.211. The van der Waals surface area contributed by atoms with Crippen molar-refractivity contribution >= 4 is 424 Å². The summed E-state index contributed by atoms with van der Waals surface area (Å²) in [7, 11) is 0. The fourth-order valence-corrected chi connectivity index (χ4v) is 0.203. The standard InChI is InChI=1S/C4H8O2.9C2H2Cl4/c1-3-6-4(2)5;9*3-1(4)2(5)6/h3H2,1-2H3;9*1-2H. The molecule has 0 spiro atoms. The summed E-state index contributed by atoms with van der Waals surface area (Å²) in [6, 6.07) is 0. The van der Waals surface area contributed by atoms with E-state index in [1.807, 2.05) is 0 Å². The maximum absolute atomic E-state index is 9.82. The molecule has 0 bridgehead atoms. The van der Waals surface area contributed by atoms with E-state index in [2.05, 4.69) is 4.74 Å². The van der Waals surface area contributed by atoms with E-state index in [9.17, 15) is 4.79 Å². The van der Waals surface area contributed by atoms with Crippen molar-refractivity contribution in [1.82, 2.24) is 0 Å². The Labute approximate surface area is 532 Å². The van der Waals surface area contributed by atoms with Crippen LogP contribution < -0.4 is 0 Å². The molecule has 0 unspecified atom stereocenters. The Bertz CT molecular complexity index is 541. The SMILES string of the molecule is CCOC(C)=O.ClC(Cl)C(Cl)Cl.ClC(Cl)C(Cl)Cl.ClC(Cl)C(Cl)Cl.ClC(Cl)C(Cl)Cl.ClC(Cl)C(Cl)Cl.ClC(Cl)C(Cl)Cl.ClC(Cl)C(Cl)Cl.ClC(Cl)C(Cl)Cl.ClC(Cl)C(Cl)Cl. The van der Waals surface area contributed by atoms with Gasteiger partial charge in [0.25, 0.3) is 0 Å². The Balaban J connectivity index is -0.0000000579. The highest BCUT2D eigenvalue weighted by Crippen LogP contribution is 2.21. The summed E-state index contributed by atoms with van der Waals surface area (Å²) >= 11 is 184. The molecule has 0 saturated carbocycles. The van der Waals surface area contributed by atoms with Gasteiger partial charge < -0.3 is 4.74 Å². The Morgan fingerprint density at radius 3 is 0.317 bits per heavy atom. The molecule has 0 rings (SSSR count). The summed E-state index contributed by atoms with van der Waals surface area (Å²) in [6.45, 7) is 3.65. The molecule has 0 amide bonds. The molecule has 0 heterocycles. The molecule has 0 saturated heterocycles. The predicted octanol–water partition coefficient (Wildman–Crippen LogP) is 23.9. The predicted molar refractivity (Wildman–Crippen MR) is 301 cm³/mol. The highest BCUT2D eigenvalue weighted by molar-refractivity contribution is 6.61. The molecule has 0 aliphatic heterocycles. The normalized spacial score (nSPS) is 10.7. The molecule has 0 radical (unpaired) electrons. The Morgan fingerprint density at radius 2 is 0.317 bits per heavy atom. The molecule has 0 atom stereocenters. The molecule has 60 heavy (non-hydrogen) atoms. The first-order valence-corrected chi connectivity index (χ1v) is 28.5. The molecule has 378 valence electrons. The third kappa shape index (κ3) is 127. The van der Waals surface area contributed by atoms with Crippen LogP contribution in [0.4, 0.5) is 0 Å². The average Bonchev–Trinajstić information content (AvgIpc) is 3.06. The van der Waals surface area contributed by atoms with Gasteiger partial charge in [0, 0.05) is 6.92 Å². The molecule has 0 aromatic rings. The van der Waals surface area contributed by atoms with Gasteiger partial charge in [-0.1, -0.05) is 0 Å². The molecular weight excluding hydrogens is 1570 g/mol. The van der Waals surface area contributed by atoms with E-state index in [-0.39, 0.29) is 5.97 Å². The van der Waals surface area contributed by atoms with Crippen molar-refractivity contribution in [3.63, 3.8) is 0 Å². The first-order valence-electron chi connectivity index (χ1n) is 12.8. The van der Waals surface area contributed by atoms with Gasteiger partial charge in [-0.15, -0.1) is 418 Å². The lowest BCUT2D eigenvalue weighted by atomic mass is 10.8. The molecule has 0 aliphatic carbocycles. The van der Waals surface area contributed by atoms with Gasteiger partial charge in [-0.3, -0.25) is 4.79 Å². The Kier molecular flexibility index (Phi) is 103. The van der Waals surface area contributed by atoms with Crippen molar-refractivity contribution in [2.45, 2.75) is 101 Å². The van der Waals surface area contributed by atoms with E-state index in [1.165, 1.54) is 6.92 Å². The van der Waals surface area contributed by atoms with Crippen LogP contribution in [0.2, 0.25) is 0 Å². The third-order valence-electron chi connectivity index (χ3n) is 2.06. The largest absolute Gasteiger partial charge is 0.466 e. The van der Waals surface area contributed by atoms with E-state index >= 15 is 0 Å². The number of esters is 1. The number of hydrogen-bond acceptors (Lipinski definition) is 2. The van der Waals surface area contributed by atoms with Gasteiger partial charge in [0.15, 0.2) is 0 Å². The summed E-state index contributed by atoms with van der Waals surface area (Å²) < 4.78 is 4.40. The zero-order chi connectivity index (χ0) is 51.4. The molecule has 0 aromatic carbocycles. The van der Waals surface area contributed by atoms with E-state index in [1.54, 1.807) is 6.92 Å². The maximum Gasteiger partial charge on any atom is 0.302 e. The van der Waals surface area contributed by atoms with Crippen LogP contribution in [0.15, 0.2) is 0 Å². The van der Waals surface area contributed by atoms with Gasteiger partial charge in [0.1, 0.15) is 87.1 Å². The van der Waals surface area contributed by atoms with Crippen LogP contribution in [0.1, 0.15) is 13.8 Å². The second kappa shape index (κ2) is 66.9. The highest BCUT2D eigenvalue weighted by atomic mass is 35.6. The van der Waals surface area contributed by atoms with Gasteiger partial charge in [-0.2, -0.15) is 0 Å². The Morgan fingerprint density at radius 1 is 0.250 bits per heavy atom. The zero-order valence-corrected chi connectivity index (χ0v) is 55.2. The summed E-state index contributed by atoms with van der Waals surface area (Å²) in [5.41, 5.74) is 0. The fraction of sp³-hybridized carbons (Fsp3) is 0.955. The first kappa shape index (κ1) is 92.5. The van der Waals surface area contributed by atoms with Crippen molar-refractivity contribution < 1.29 is 9.53 Å². The maximum atomic E-state index is 9.82. The monoisotopic (exact) mass is 1580 g/mol. The van der Waals surface area contributed by atoms with Crippen LogP contribution in [0.25, 0.3) is 0 Å². The summed E-state index contributed by atoms with van der Waals surface area (Å²) in [5, 5.41) is 0. The molecular formula is C22H26Cl36O2. The van der Waals surface area contributed by atoms with Crippen LogP contribution in [0.5, 0.6) is 0 Å². The fourth-order valence-electron chi connectivity index (χ4n) is 0.203. The number of carbonyl (C=O) groups excluding carboxylic acids is 1. The van der Waals surface area contributed by atoms with Crippen molar-refractivity contribution in [1.29, 1.82) is 0 Å². The van der Waals surface area contributed by atoms with Crippen LogP contribution >= 0.6 is 418 Å². The van der Waals surface area contributed by atoms with Gasteiger partial charge in [0.05, 0.1) is 6.61 Å². The topological polar surface area (TPSA) is 26.3 Å². The molecule has 0 aromatic heterocycles. The number of halogens is 36. The minimum Gasteiger partial charge on any atom is -0.466 e. The van der Waals surface area contributed by atoms with Crippen molar-refractivity contribution in [2.24, 2.45) is 0 Å². The first-order chi connectivity index (χ1) is 26.6. The summed E-state index contributed by atoms with van der Waals surface area (Å²) in [6.07, 6.45) is 0. The van der Waals surface area contributed by atoms with Gasteiger partial charge in [0.2, 0.25) is 0 Å². The number of rotatable bonds is 10. The van der Waals surface area contributed by atoms with E-state index < -0.39 is 87.1 Å². The van der Waals surface area contributed by atoms with Crippen molar-refractivity contribution in [2.75, 3.05) is 6.61 Å². The second-order valence-corrected chi connectivity index (χ2v) is 27.9. The van der Waals surface area contributed by atoms with Crippen LogP contribution in [0, 0.1) is 0 Å². The minimum absolute atomic E-state index is 0.211. The van der Waals surface area contributed by atoms with E-state index in [4.69, 9.17) is 418 Å². The highest BCUT2D eigenvalue weighted by Gasteiger charge is 2.11. The lowest BCUT2D eigenvalue weighted by molar-refractivity contribution is -0.140. The Hall–Kier alpha value is 9.91.